The van der Waals surface area contributed by atoms with Crippen LogP contribution in [0.2, 0.25) is 0 Å². The first-order valence-corrected chi connectivity index (χ1v) is 4.33. The van der Waals surface area contributed by atoms with E-state index < -0.39 is 11.8 Å². The van der Waals surface area contributed by atoms with Gasteiger partial charge in [0.1, 0.15) is 0 Å². The lowest BCUT2D eigenvalue weighted by Gasteiger charge is -2.17. The van der Waals surface area contributed by atoms with E-state index in [4.69, 9.17) is 10.8 Å². The van der Waals surface area contributed by atoms with Crippen molar-refractivity contribution in [2.45, 2.75) is 5.79 Å². The number of nitrogens with zero attached hydrogens (tertiary/aromatic N) is 2. The Hall–Kier alpha value is -2.01. The maximum absolute atomic E-state index is 10.6. The molecule has 76 valence electrons. The zero-order valence-electron chi connectivity index (χ0n) is 7.79. The molecule has 1 aliphatic heterocycles. The minimum absolute atomic E-state index is 0.216. The van der Waals surface area contributed by atoms with Gasteiger partial charge in [-0.05, 0) is 12.1 Å². The molecular weight excluding hydrogens is 194 g/mol. The second-order valence-corrected chi connectivity index (χ2v) is 3.16. The van der Waals surface area contributed by atoms with Gasteiger partial charge in [-0.3, -0.25) is 5.73 Å². The number of aromatic carboxylic acids is 1. The molecule has 2 rings (SSSR count). The minimum atomic E-state index is -1.09. The fraction of sp³-hybridized carbons (Fsp3) is 0.100. The molecule has 0 atom stereocenters. The Bertz CT molecular complexity index is 436. The number of carbonyl (C=O) groups is 1. The van der Waals surface area contributed by atoms with E-state index in [1.165, 1.54) is 24.6 Å². The summed E-state index contributed by atoms with van der Waals surface area (Å²) in [6.45, 7) is 0. The first kappa shape index (κ1) is 9.54. The van der Waals surface area contributed by atoms with E-state index in [0.717, 1.165) is 0 Å². The van der Waals surface area contributed by atoms with Crippen molar-refractivity contribution >= 4 is 18.4 Å². The molecule has 5 heteroatoms. The van der Waals surface area contributed by atoms with Gasteiger partial charge in [-0.2, -0.15) is 0 Å². The monoisotopic (exact) mass is 203 g/mol. The third kappa shape index (κ3) is 1.64. The SMILES string of the molecule is NC1(c2ccc(C(=O)O)cc2)N=CC=N1. The standard InChI is InChI=1S/C10H9N3O2/c11-10(12-5-6-13-10)8-3-1-7(2-4-8)9(14)15/h1-6H,11H2,(H,14,15). The molecule has 0 aliphatic carbocycles. The number of hydrogen-bond acceptors (Lipinski definition) is 4. The van der Waals surface area contributed by atoms with E-state index in [1.807, 2.05) is 0 Å². The molecule has 0 saturated heterocycles. The summed E-state index contributed by atoms with van der Waals surface area (Å²) in [5.74, 6) is -2.05. The number of nitrogens with two attached hydrogens (primary N) is 1. The van der Waals surface area contributed by atoms with Gasteiger partial charge in [0.15, 0.2) is 0 Å². The van der Waals surface area contributed by atoms with Crippen LogP contribution in [0.25, 0.3) is 0 Å². The maximum Gasteiger partial charge on any atom is 0.335 e. The van der Waals surface area contributed by atoms with Gasteiger partial charge < -0.3 is 5.11 Å². The largest absolute Gasteiger partial charge is 0.478 e. The molecule has 0 fully saturated rings. The van der Waals surface area contributed by atoms with Gasteiger partial charge in [-0.15, -0.1) is 0 Å². The highest BCUT2D eigenvalue weighted by Gasteiger charge is 2.26. The van der Waals surface area contributed by atoms with Crippen molar-refractivity contribution in [3.05, 3.63) is 35.4 Å². The quantitative estimate of drug-likeness (QED) is 0.738. The van der Waals surface area contributed by atoms with Crippen LogP contribution < -0.4 is 5.73 Å². The maximum atomic E-state index is 10.6. The molecule has 0 spiro atoms. The summed E-state index contributed by atoms with van der Waals surface area (Å²) in [6, 6.07) is 6.19. The fourth-order valence-corrected chi connectivity index (χ4v) is 1.33. The second-order valence-electron chi connectivity index (χ2n) is 3.16. The van der Waals surface area contributed by atoms with Crippen LogP contribution in [-0.2, 0) is 5.79 Å². The Kier molecular flexibility index (Phi) is 2.09. The van der Waals surface area contributed by atoms with Gasteiger partial charge in [0.2, 0.25) is 5.79 Å². The lowest BCUT2D eigenvalue weighted by molar-refractivity contribution is 0.0697. The average molecular weight is 203 g/mol. The molecule has 0 aromatic heterocycles. The normalized spacial score (nSPS) is 16.9. The summed E-state index contributed by atoms with van der Waals surface area (Å²) >= 11 is 0. The molecule has 15 heavy (non-hydrogen) atoms. The Morgan fingerprint density at radius 3 is 2.20 bits per heavy atom. The van der Waals surface area contributed by atoms with Gasteiger partial charge >= 0.3 is 5.97 Å². The Labute approximate surface area is 86.0 Å². The topological polar surface area (TPSA) is 88.0 Å². The molecule has 1 aromatic carbocycles. The molecule has 1 aliphatic rings. The van der Waals surface area contributed by atoms with Crippen LogP contribution in [-0.4, -0.2) is 23.5 Å². The summed E-state index contributed by atoms with van der Waals surface area (Å²) in [4.78, 5) is 18.6. The Morgan fingerprint density at radius 1 is 1.20 bits per heavy atom. The van der Waals surface area contributed by atoms with Crippen molar-refractivity contribution in [2.24, 2.45) is 15.7 Å². The third-order valence-electron chi connectivity index (χ3n) is 2.17. The molecule has 5 nitrogen and oxygen atoms in total. The summed E-state index contributed by atoms with van der Waals surface area (Å²) < 4.78 is 0. The number of carboxylic acids is 1. The zero-order valence-corrected chi connectivity index (χ0v) is 7.79. The van der Waals surface area contributed by atoms with E-state index in [0.29, 0.717) is 5.56 Å². The lowest BCUT2D eigenvalue weighted by Crippen LogP contribution is -2.30. The number of rotatable bonds is 2. The fourth-order valence-electron chi connectivity index (χ4n) is 1.33. The Morgan fingerprint density at radius 2 is 1.73 bits per heavy atom. The zero-order chi connectivity index (χ0) is 10.9. The number of aliphatic imine (C=N–C) groups is 2. The molecule has 0 saturated carbocycles. The van der Waals surface area contributed by atoms with Gasteiger partial charge in [-0.25, -0.2) is 14.8 Å². The van der Waals surface area contributed by atoms with Crippen LogP contribution in [0.15, 0.2) is 34.3 Å². The second kappa shape index (κ2) is 3.29. The number of benzene rings is 1. The van der Waals surface area contributed by atoms with Crippen molar-refractivity contribution < 1.29 is 9.90 Å². The summed E-state index contributed by atoms with van der Waals surface area (Å²) in [7, 11) is 0. The molecule has 0 radical (unpaired) electrons. The average Bonchev–Trinajstić information content (AvgIpc) is 2.67. The molecule has 0 amide bonds. The van der Waals surface area contributed by atoms with Crippen LogP contribution in [0, 0.1) is 0 Å². The molecule has 0 bridgehead atoms. The van der Waals surface area contributed by atoms with E-state index >= 15 is 0 Å². The van der Waals surface area contributed by atoms with Crippen molar-refractivity contribution in [1.82, 2.24) is 0 Å². The van der Waals surface area contributed by atoms with Crippen LogP contribution in [0.4, 0.5) is 0 Å². The van der Waals surface area contributed by atoms with Crippen LogP contribution in [0.3, 0.4) is 0 Å². The van der Waals surface area contributed by atoms with E-state index in [9.17, 15) is 4.79 Å². The highest BCUT2D eigenvalue weighted by Crippen LogP contribution is 2.23. The Balaban J connectivity index is 2.35. The van der Waals surface area contributed by atoms with Gasteiger partial charge in [-0.1, -0.05) is 12.1 Å². The van der Waals surface area contributed by atoms with E-state index in [-0.39, 0.29) is 5.56 Å². The molecule has 0 unspecified atom stereocenters. The van der Waals surface area contributed by atoms with Crippen molar-refractivity contribution in [2.75, 3.05) is 0 Å². The van der Waals surface area contributed by atoms with Crippen molar-refractivity contribution in [3.8, 4) is 0 Å². The summed E-state index contributed by atoms with van der Waals surface area (Å²) in [6.07, 6.45) is 3.04. The molecule has 1 aromatic rings. The number of carboxylic acid groups (broad SMARTS) is 1. The van der Waals surface area contributed by atoms with Gasteiger partial charge in [0, 0.05) is 18.0 Å². The lowest BCUT2D eigenvalue weighted by atomic mass is 10.1. The highest BCUT2D eigenvalue weighted by molar-refractivity contribution is 6.17. The van der Waals surface area contributed by atoms with Crippen LogP contribution in [0.1, 0.15) is 15.9 Å². The first-order chi connectivity index (χ1) is 7.12. The van der Waals surface area contributed by atoms with E-state index in [2.05, 4.69) is 9.98 Å². The third-order valence-corrected chi connectivity index (χ3v) is 2.17. The van der Waals surface area contributed by atoms with Crippen LogP contribution >= 0.6 is 0 Å². The summed E-state index contributed by atoms with van der Waals surface area (Å²) in [5.41, 5.74) is 6.74. The highest BCUT2D eigenvalue weighted by atomic mass is 16.4. The van der Waals surface area contributed by atoms with Crippen molar-refractivity contribution in [1.29, 1.82) is 0 Å². The van der Waals surface area contributed by atoms with Crippen molar-refractivity contribution in [3.63, 3.8) is 0 Å². The first-order valence-electron chi connectivity index (χ1n) is 4.33. The van der Waals surface area contributed by atoms with Gasteiger partial charge in [0.25, 0.3) is 0 Å². The number of hydrogen-bond donors (Lipinski definition) is 2. The smallest absolute Gasteiger partial charge is 0.335 e. The van der Waals surface area contributed by atoms with Gasteiger partial charge in [0.05, 0.1) is 5.56 Å². The predicted molar refractivity (Wildman–Crippen MR) is 56.3 cm³/mol. The minimum Gasteiger partial charge on any atom is -0.478 e. The summed E-state index contributed by atoms with van der Waals surface area (Å²) in [5, 5.41) is 8.71. The van der Waals surface area contributed by atoms with E-state index in [1.54, 1.807) is 12.1 Å². The molecular formula is C10H9N3O2. The molecule has 1 heterocycles. The molecule has 3 N–H and O–H groups in total. The van der Waals surface area contributed by atoms with Crippen LogP contribution in [0.5, 0.6) is 0 Å². The predicted octanol–water partition coefficient (Wildman–Crippen LogP) is 0.609.